The van der Waals surface area contributed by atoms with Crippen molar-refractivity contribution in [1.82, 2.24) is 14.7 Å². The van der Waals surface area contributed by atoms with Crippen LogP contribution in [0.4, 0.5) is 4.79 Å². The highest BCUT2D eigenvalue weighted by Gasteiger charge is 2.55. The van der Waals surface area contributed by atoms with Crippen molar-refractivity contribution in [3.63, 3.8) is 0 Å². The van der Waals surface area contributed by atoms with Gasteiger partial charge in [-0.1, -0.05) is 12.2 Å². The molecule has 6 nitrogen and oxygen atoms in total. The number of rotatable bonds is 2. The molecule has 2 fully saturated rings. The summed E-state index contributed by atoms with van der Waals surface area (Å²) in [4.78, 5) is 41.3. The Labute approximate surface area is 130 Å². The van der Waals surface area contributed by atoms with Gasteiger partial charge in [0.1, 0.15) is 5.54 Å². The van der Waals surface area contributed by atoms with Crippen LogP contribution < -0.4 is 0 Å². The van der Waals surface area contributed by atoms with Gasteiger partial charge in [0.05, 0.1) is 0 Å². The van der Waals surface area contributed by atoms with E-state index < -0.39 is 5.54 Å². The van der Waals surface area contributed by atoms with Crippen molar-refractivity contribution >= 4 is 17.8 Å². The molecule has 0 bridgehead atoms. The fourth-order valence-electron chi connectivity index (χ4n) is 3.84. The zero-order chi connectivity index (χ0) is 15.9. The molecule has 22 heavy (non-hydrogen) atoms. The second-order valence-electron chi connectivity index (χ2n) is 6.59. The maximum absolute atomic E-state index is 12.4. The minimum Gasteiger partial charge on any atom is -0.342 e. The van der Waals surface area contributed by atoms with E-state index in [0.717, 1.165) is 12.8 Å². The lowest BCUT2D eigenvalue weighted by Gasteiger charge is -2.41. The summed E-state index contributed by atoms with van der Waals surface area (Å²) in [6.07, 6.45) is 8.02. The summed E-state index contributed by atoms with van der Waals surface area (Å²) in [5, 5.41) is 0. The lowest BCUT2D eigenvalue weighted by atomic mass is 9.86. The molecular weight excluding hydrogens is 282 g/mol. The van der Waals surface area contributed by atoms with Gasteiger partial charge >= 0.3 is 6.03 Å². The first-order valence-electron chi connectivity index (χ1n) is 7.96. The van der Waals surface area contributed by atoms with Crippen LogP contribution in [0.1, 0.15) is 32.1 Å². The van der Waals surface area contributed by atoms with Crippen molar-refractivity contribution in [2.24, 2.45) is 5.92 Å². The number of hydrogen-bond donors (Lipinski definition) is 0. The van der Waals surface area contributed by atoms with E-state index in [9.17, 15) is 14.4 Å². The summed E-state index contributed by atoms with van der Waals surface area (Å²) in [5.41, 5.74) is -0.740. The molecule has 0 saturated carbocycles. The maximum Gasteiger partial charge on any atom is 0.327 e. The number of piperidine rings is 1. The number of urea groups is 1. The number of allylic oxidation sites excluding steroid dienone is 2. The third-order valence-electron chi connectivity index (χ3n) is 5.41. The van der Waals surface area contributed by atoms with Crippen molar-refractivity contribution in [2.75, 3.05) is 27.2 Å². The minimum atomic E-state index is -0.740. The van der Waals surface area contributed by atoms with E-state index in [2.05, 4.69) is 12.2 Å². The first-order chi connectivity index (χ1) is 10.5. The van der Waals surface area contributed by atoms with E-state index in [-0.39, 0.29) is 17.8 Å². The fourth-order valence-corrected chi connectivity index (χ4v) is 3.84. The Hall–Kier alpha value is -1.85. The predicted molar refractivity (Wildman–Crippen MR) is 81.0 cm³/mol. The molecule has 1 atom stereocenters. The predicted octanol–water partition coefficient (Wildman–Crippen LogP) is 1.23. The standard InChI is InChI=1S/C16H23N3O3/c1-17-14(21)16(18(2)15(17)22)7-9-19(10-8-16)13(20)11-12-5-3-4-6-12/h3,5,12H,4,6-11H2,1-2H3/t12-/m1/s1. The van der Waals surface area contributed by atoms with Crippen LogP contribution >= 0.6 is 0 Å². The smallest absolute Gasteiger partial charge is 0.327 e. The zero-order valence-corrected chi connectivity index (χ0v) is 13.2. The number of amides is 4. The van der Waals surface area contributed by atoms with Crippen LogP contribution in [0.2, 0.25) is 0 Å². The number of nitrogens with zero attached hydrogens (tertiary/aromatic N) is 3. The van der Waals surface area contributed by atoms with Crippen molar-refractivity contribution in [3.8, 4) is 0 Å². The van der Waals surface area contributed by atoms with Gasteiger partial charge in [-0.05, 0) is 31.6 Å². The third-order valence-corrected chi connectivity index (χ3v) is 5.41. The summed E-state index contributed by atoms with van der Waals surface area (Å²) >= 11 is 0. The molecule has 0 aromatic carbocycles. The Bertz CT molecular complexity index is 535. The highest BCUT2D eigenvalue weighted by molar-refractivity contribution is 6.06. The normalized spacial score (nSPS) is 27.4. The van der Waals surface area contributed by atoms with Gasteiger partial charge in [-0.15, -0.1) is 0 Å². The number of imide groups is 1. The molecule has 2 aliphatic heterocycles. The number of likely N-dealkylation sites (N-methyl/N-ethyl adjacent to an activating group) is 2. The minimum absolute atomic E-state index is 0.133. The van der Waals surface area contributed by atoms with Crippen LogP contribution in [-0.4, -0.2) is 65.3 Å². The van der Waals surface area contributed by atoms with Gasteiger partial charge in [-0.3, -0.25) is 14.5 Å². The SMILES string of the molecule is CN1C(=O)N(C)C2(CCN(C(=O)C[C@@H]3C=CCC3)CC2)C1=O. The van der Waals surface area contributed by atoms with Crippen molar-refractivity contribution < 1.29 is 14.4 Å². The highest BCUT2D eigenvalue weighted by atomic mass is 16.2. The fraction of sp³-hybridized carbons (Fsp3) is 0.688. The summed E-state index contributed by atoms with van der Waals surface area (Å²) in [6.45, 7) is 1.10. The molecule has 3 rings (SSSR count). The quantitative estimate of drug-likeness (QED) is 0.569. The second-order valence-corrected chi connectivity index (χ2v) is 6.59. The van der Waals surface area contributed by atoms with E-state index in [4.69, 9.17) is 0 Å². The number of likely N-dealkylation sites (tertiary alicyclic amines) is 1. The maximum atomic E-state index is 12.4. The molecule has 2 heterocycles. The molecule has 4 amide bonds. The topological polar surface area (TPSA) is 60.9 Å². The summed E-state index contributed by atoms with van der Waals surface area (Å²) in [7, 11) is 3.21. The van der Waals surface area contributed by atoms with Gasteiger partial charge in [0.2, 0.25) is 5.91 Å². The molecule has 6 heteroatoms. The first-order valence-corrected chi connectivity index (χ1v) is 7.96. The third kappa shape index (κ3) is 2.21. The average molecular weight is 305 g/mol. The lowest BCUT2D eigenvalue weighted by molar-refractivity contribution is -0.140. The average Bonchev–Trinajstić information content (AvgIpc) is 3.08. The van der Waals surface area contributed by atoms with Crippen LogP contribution in [-0.2, 0) is 9.59 Å². The monoisotopic (exact) mass is 305 g/mol. The molecule has 0 radical (unpaired) electrons. The molecule has 0 aromatic heterocycles. The van der Waals surface area contributed by atoms with Gasteiger partial charge < -0.3 is 9.80 Å². The van der Waals surface area contributed by atoms with Gasteiger partial charge in [-0.25, -0.2) is 4.79 Å². The van der Waals surface area contributed by atoms with E-state index in [0.29, 0.717) is 38.3 Å². The number of hydrogen-bond acceptors (Lipinski definition) is 3. The van der Waals surface area contributed by atoms with Gasteiger partial charge in [0.15, 0.2) is 0 Å². The van der Waals surface area contributed by atoms with Crippen LogP contribution in [0.15, 0.2) is 12.2 Å². The molecule has 1 spiro atoms. The summed E-state index contributed by atoms with van der Waals surface area (Å²) in [6, 6.07) is -0.249. The molecule has 1 aliphatic carbocycles. The van der Waals surface area contributed by atoms with Gasteiger partial charge in [-0.2, -0.15) is 0 Å². The Morgan fingerprint density at radius 3 is 2.45 bits per heavy atom. The van der Waals surface area contributed by atoms with Crippen LogP contribution in [0, 0.1) is 5.92 Å². The number of carbonyl (C=O) groups excluding carboxylic acids is 3. The Morgan fingerprint density at radius 2 is 1.95 bits per heavy atom. The largest absolute Gasteiger partial charge is 0.342 e. The Morgan fingerprint density at radius 1 is 1.27 bits per heavy atom. The summed E-state index contributed by atoms with van der Waals surface area (Å²) < 4.78 is 0. The molecular formula is C16H23N3O3. The summed E-state index contributed by atoms with van der Waals surface area (Å²) in [5.74, 6) is 0.400. The Balaban J connectivity index is 1.62. The van der Waals surface area contributed by atoms with Gasteiger partial charge in [0.25, 0.3) is 5.91 Å². The second kappa shape index (κ2) is 5.41. The molecule has 3 aliphatic rings. The highest BCUT2D eigenvalue weighted by Crippen LogP contribution is 2.35. The van der Waals surface area contributed by atoms with E-state index >= 15 is 0 Å². The number of carbonyl (C=O) groups is 3. The molecule has 0 unspecified atom stereocenters. The van der Waals surface area contributed by atoms with Crippen molar-refractivity contribution in [2.45, 2.75) is 37.6 Å². The van der Waals surface area contributed by atoms with Crippen molar-refractivity contribution in [1.29, 1.82) is 0 Å². The molecule has 0 N–H and O–H groups in total. The van der Waals surface area contributed by atoms with Crippen LogP contribution in [0.3, 0.4) is 0 Å². The lowest BCUT2D eigenvalue weighted by Crippen LogP contribution is -2.56. The molecule has 0 aromatic rings. The van der Waals surface area contributed by atoms with Crippen LogP contribution in [0.5, 0.6) is 0 Å². The van der Waals surface area contributed by atoms with Gasteiger partial charge in [0, 0.05) is 33.6 Å². The molecule has 2 saturated heterocycles. The zero-order valence-electron chi connectivity index (χ0n) is 13.2. The van der Waals surface area contributed by atoms with E-state index in [1.807, 2.05) is 4.90 Å². The Kier molecular flexibility index (Phi) is 3.70. The van der Waals surface area contributed by atoms with E-state index in [1.165, 1.54) is 11.9 Å². The van der Waals surface area contributed by atoms with Crippen molar-refractivity contribution in [3.05, 3.63) is 12.2 Å². The first kappa shape index (κ1) is 15.1. The molecule has 120 valence electrons. The van der Waals surface area contributed by atoms with E-state index in [1.54, 1.807) is 11.9 Å². The van der Waals surface area contributed by atoms with Crippen LogP contribution in [0.25, 0.3) is 0 Å².